The lowest BCUT2D eigenvalue weighted by Gasteiger charge is -2.65. The van der Waals surface area contributed by atoms with Crippen LogP contribution in [0.5, 0.6) is 0 Å². The summed E-state index contributed by atoms with van der Waals surface area (Å²) in [7, 11) is 0. The molecule has 0 spiro atoms. The molecule has 0 heterocycles. The highest BCUT2D eigenvalue weighted by molar-refractivity contribution is 5.16. The molecular weight excluding hydrogens is 134 g/mol. The van der Waals surface area contributed by atoms with Crippen molar-refractivity contribution in [2.45, 2.75) is 38.1 Å². The summed E-state index contributed by atoms with van der Waals surface area (Å²) in [5.74, 6) is 0. The summed E-state index contributed by atoms with van der Waals surface area (Å²) in [5.41, 5.74) is 5.52. The van der Waals surface area contributed by atoms with Gasteiger partial charge in [0.25, 0.3) is 0 Å². The van der Waals surface area contributed by atoms with Crippen LogP contribution < -0.4 is 18.1 Å². The Morgan fingerprint density at radius 3 is 1.89 bits per heavy atom. The molecule has 0 unspecified atom stereocenters. The van der Waals surface area contributed by atoms with E-state index < -0.39 is 0 Å². The summed E-state index contributed by atoms with van der Waals surface area (Å²) in [5, 5.41) is 0. The van der Waals surface area contributed by atoms with E-state index in [1.165, 1.54) is 25.7 Å². The van der Waals surface area contributed by atoms with E-state index in [1.807, 2.05) is 0 Å². The molecule has 0 aromatic heterocycles. The number of quaternary nitrogens is 1. The molecule has 0 aromatic carbocycles. The quantitative estimate of drug-likeness (QED) is 0.427. The molecule has 0 saturated heterocycles. The van der Waals surface area contributed by atoms with E-state index in [0.29, 0.717) is 5.54 Å². The van der Waals surface area contributed by atoms with Gasteiger partial charge in [-0.2, -0.15) is 0 Å². The van der Waals surface area contributed by atoms with Gasteiger partial charge in [0, 0.05) is 19.3 Å². The molecule has 54 valence electrons. The Kier molecular flexibility index (Phi) is 1.34. The van der Waals surface area contributed by atoms with Crippen LogP contribution in [0.2, 0.25) is 0 Å². The van der Waals surface area contributed by atoms with Crippen molar-refractivity contribution in [3.63, 3.8) is 0 Å². The van der Waals surface area contributed by atoms with Crippen LogP contribution in [0.3, 0.4) is 0 Å². The molecular formula is C7H14ClN. The molecule has 3 saturated carbocycles. The fraction of sp³-hybridized carbons (Fsp3) is 1.00. The maximum Gasteiger partial charge on any atom is 0.0962 e. The van der Waals surface area contributed by atoms with E-state index >= 15 is 0 Å². The van der Waals surface area contributed by atoms with E-state index in [4.69, 9.17) is 0 Å². The van der Waals surface area contributed by atoms with Crippen molar-refractivity contribution in [1.82, 2.24) is 0 Å². The molecule has 3 rings (SSSR count). The van der Waals surface area contributed by atoms with E-state index in [0.717, 1.165) is 5.41 Å². The first-order valence-electron chi connectivity index (χ1n) is 3.54. The third-order valence-corrected chi connectivity index (χ3v) is 3.00. The minimum absolute atomic E-state index is 0. The summed E-state index contributed by atoms with van der Waals surface area (Å²) < 4.78 is 0. The van der Waals surface area contributed by atoms with E-state index in [1.54, 1.807) is 0 Å². The molecule has 3 N–H and O–H groups in total. The summed E-state index contributed by atoms with van der Waals surface area (Å²) >= 11 is 0. The lowest BCUT2D eigenvalue weighted by atomic mass is 9.39. The first-order valence-corrected chi connectivity index (χ1v) is 3.54. The molecule has 1 nitrogen and oxygen atoms in total. The van der Waals surface area contributed by atoms with E-state index in [2.05, 4.69) is 12.7 Å². The van der Waals surface area contributed by atoms with Crippen LogP contribution in [0.4, 0.5) is 0 Å². The highest BCUT2D eigenvalue weighted by Gasteiger charge is 2.67. The zero-order chi connectivity index (χ0) is 5.83. The monoisotopic (exact) mass is 147 g/mol. The summed E-state index contributed by atoms with van der Waals surface area (Å²) in [6.07, 6.45) is 5.67. The minimum atomic E-state index is 0. The normalized spacial score (nSPS) is 52.7. The van der Waals surface area contributed by atoms with Crippen LogP contribution in [0.1, 0.15) is 32.6 Å². The third-order valence-electron chi connectivity index (χ3n) is 3.00. The van der Waals surface area contributed by atoms with Gasteiger partial charge in [-0.15, -0.1) is 0 Å². The molecule has 3 aliphatic rings. The van der Waals surface area contributed by atoms with Crippen LogP contribution in [0, 0.1) is 5.41 Å². The zero-order valence-electron chi connectivity index (χ0n) is 5.91. The van der Waals surface area contributed by atoms with Gasteiger partial charge in [-0.1, -0.05) is 6.92 Å². The molecule has 2 heteroatoms. The highest BCUT2D eigenvalue weighted by atomic mass is 35.5. The van der Waals surface area contributed by atoms with Crippen molar-refractivity contribution in [2.75, 3.05) is 0 Å². The van der Waals surface area contributed by atoms with Gasteiger partial charge in [0.05, 0.1) is 5.54 Å². The maximum atomic E-state index is 4.13. The lowest BCUT2D eigenvalue weighted by molar-refractivity contribution is -0.569. The molecule has 0 radical (unpaired) electrons. The van der Waals surface area contributed by atoms with Crippen LogP contribution in [-0.4, -0.2) is 5.54 Å². The highest BCUT2D eigenvalue weighted by Crippen LogP contribution is 2.66. The topological polar surface area (TPSA) is 27.6 Å². The van der Waals surface area contributed by atoms with Gasteiger partial charge >= 0.3 is 0 Å². The zero-order valence-corrected chi connectivity index (χ0v) is 6.67. The molecule has 0 aromatic rings. The van der Waals surface area contributed by atoms with Crippen LogP contribution in [0.25, 0.3) is 0 Å². The molecule has 9 heavy (non-hydrogen) atoms. The fourth-order valence-electron chi connectivity index (χ4n) is 2.61. The fourth-order valence-corrected chi connectivity index (χ4v) is 2.61. The smallest absolute Gasteiger partial charge is 0.0962 e. The Labute approximate surface area is 62.4 Å². The van der Waals surface area contributed by atoms with Gasteiger partial charge in [-0.3, -0.25) is 0 Å². The van der Waals surface area contributed by atoms with Gasteiger partial charge in [0.1, 0.15) is 0 Å². The van der Waals surface area contributed by atoms with Gasteiger partial charge in [-0.05, 0) is 11.8 Å². The standard InChI is InChI=1S/C7H13N.ClH/c1-2-6-3-7(8,4-6)5-6;/h2-5,8H2,1H3;1H. The average molecular weight is 148 g/mol. The van der Waals surface area contributed by atoms with E-state index in [9.17, 15) is 0 Å². The second-order valence-electron chi connectivity index (χ2n) is 3.88. The number of hydrogen-bond donors (Lipinski definition) is 1. The third kappa shape index (κ3) is 0.714. The summed E-state index contributed by atoms with van der Waals surface area (Å²) in [4.78, 5) is 0. The van der Waals surface area contributed by atoms with Crippen molar-refractivity contribution in [3.05, 3.63) is 0 Å². The van der Waals surface area contributed by atoms with Gasteiger partial charge in [0.15, 0.2) is 0 Å². The molecule has 2 bridgehead atoms. The number of hydrogen-bond acceptors (Lipinski definition) is 0. The second-order valence-corrected chi connectivity index (χ2v) is 3.88. The Morgan fingerprint density at radius 2 is 1.78 bits per heavy atom. The number of rotatable bonds is 1. The largest absolute Gasteiger partial charge is 1.00 e. The molecule has 0 atom stereocenters. The SMILES string of the molecule is CCC12CC([NH3+])(C1)C2.[Cl-]. The summed E-state index contributed by atoms with van der Waals surface area (Å²) in [6.45, 7) is 2.30. The van der Waals surface area contributed by atoms with Gasteiger partial charge in [-0.25, -0.2) is 0 Å². The first kappa shape index (κ1) is 7.36. The van der Waals surface area contributed by atoms with Crippen molar-refractivity contribution in [1.29, 1.82) is 0 Å². The van der Waals surface area contributed by atoms with Crippen LogP contribution in [-0.2, 0) is 0 Å². The Morgan fingerprint density at radius 1 is 1.33 bits per heavy atom. The molecule has 0 aliphatic heterocycles. The van der Waals surface area contributed by atoms with Crippen LogP contribution >= 0.6 is 0 Å². The second kappa shape index (κ2) is 1.64. The number of halogens is 1. The molecule has 3 fully saturated rings. The van der Waals surface area contributed by atoms with Gasteiger partial charge < -0.3 is 18.1 Å². The lowest BCUT2D eigenvalue weighted by Crippen LogP contribution is -3.00. The van der Waals surface area contributed by atoms with Crippen LogP contribution in [0.15, 0.2) is 0 Å². The van der Waals surface area contributed by atoms with Gasteiger partial charge in [0.2, 0.25) is 0 Å². The van der Waals surface area contributed by atoms with Crippen molar-refractivity contribution in [2.24, 2.45) is 5.41 Å². The van der Waals surface area contributed by atoms with Crippen molar-refractivity contribution < 1.29 is 18.1 Å². The first-order chi connectivity index (χ1) is 3.68. The van der Waals surface area contributed by atoms with Crippen molar-refractivity contribution >= 4 is 0 Å². The Bertz CT molecular complexity index is 113. The Hall–Kier alpha value is 0.250. The maximum absolute atomic E-state index is 4.13. The predicted octanol–water partition coefficient (Wildman–Crippen LogP) is -2.43. The van der Waals surface area contributed by atoms with E-state index in [-0.39, 0.29) is 12.4 Å². The molecule has 0 amide bonds. The average Bonchev–Trinajstić information content (AvgIpc) is 1.55. The summed E-state index contributed by atoms with van der Waals surface area (Å²) in [6, 6.07) is 0. The predicted molar refractivity (Wildman–Crippen MR) is 32.2 cm³/mol. The minimum Gasteiger partial charge on any atom is -1.00 e. The van der Waals surface area contributed by atoms with Crippen molar-refractivity contribution in [3.8, 4) is 0 Å². The molecule has 3 aliphatic carbocycles. The Balaban J connectivity index is 0.000000405.